The topological polar surface area (TPSA) is 26.3 Å². The van der Waals surface area contributed by atoms with Gasteiger partial charge in [-0.25, -0.2) is 0 Å². The Labute approximate surface area is 44.6 Å². The van der Waals surface area contributed by atoms with Gasteiger partial charge in [0.25, 0.3) is 6.47 Å². The molecule has 2 nitrogen and oxygen atoms in total. The van der Waals surface area contributed by atoms with E-state index in [0.29, 0.717) is 6.47 Å². The fraction of sp³-hybridized carbons (Fsp3) is 0.750. The first-order valence-electron chi connectivity index (χ1n) is 2.18. The van der Waals surface area contributed by atoms with Gasteiger partial charge in [-0.2, -0.15) is 0 Å². The van der Waals surface area contributed by atoms with E-state index in [2.05, 4.69) is 4.43 Å². The number of carbonyl (C=O) groups excluding carboxylic acids is 1. The molecular weight excluding hydrogens is 108 g/mol. The number of carbonyl (C=O) groups is 1. The summed E-state index contributed by atoms with van der Waals surface area (Å²) in [5.74, 6) is 0. The molecule has 3 heteroatoms. The summed E-state index contributed by atoms with van der Waals surface area (Å²) >= 11 is 0. The number of rotatable bonds is 2. The average molecular weight is 118 g/mol. The fourth-order valence-electron chi connectivity index (χ4n) is 0.144. The first kappa shape index (κ1) is 6.69. The van der Waals surface area contributed by atoms with Crippen LogP contribution < -0.4 is 0 Å². The van der Waals surface area contributed by atoms with Crippen molar-refractivity contribution in [1.82, 2.24) is 0 Å². The van der Waals surface area contributed by atoms with Crippen LogP contribution >= 0.6 is 0 Å². The molecule has 0 amide bonds. The summed E-state index contributed by atoms with van der Waals surface area (Å²) in [6.45, 7) is 6.40. The largest absolute Gasteiger partial charge is 0.522 e. The maximum absolute atomic E-state index is 9.63. The van der Waals surface area contributed by atoms with Crippen molar-refractivity contribution in [2.75, 3.05) is 0 Å². The van der Waals surface area contributed by atoms with Gasteiger partial charge in [0.2, 0.25) is 8.32 Å². The van der Waals surface area contributed by atoms with Crippen molar-refractivity contribution >= 4 is 14.8 Å². The van der Waals surface area contributed by atoms with Crippen LogP contribution in [-0.2, 0) is 9.22 Å². The van der Waals surface area contributed by atoms with Gasteiger partial charge >= 0.3 is 0 Å². The first-order chi connectivity index (χ1) is 3.06. The molecule has 0 saturated carbocycles. The van der Waals surface area contributed by atoms with Crippen molar-refractivity contribution in [3.8, 4) is 0 Å². The highest BCUT2D eigenvalue weighted by Gasteiger charge is 2.13. The average Bonchev–Trinajstić information content (AvgIpc) is 1.30. The molecule has 42 valence electrons. The molecule has 0 aromatic carbocycles. The molecule has 0 aliphatic heterocycles. The molecule has 0 atom stereocenters. The molecule has 0 aromatic rings. The number of hydrogen-bond acceptors (Lipinski definition) is 2. The smallest absolute Gasteiger partial charge is 0.279 e. The quantitative estimate of drug-likeness (QED) is 0.399. The highest BCUT2D eigenvalue weighted by molar-refractivity contribution is 6.70. The van der Waals surface area contributed by atoms with Crippen LogP contribution in [0.4, 0.5) is 0 Å². The molecule has 0 heterocycles. The minimum absolute atomic E-state index is 0.520. The van der Waals surface area contributed by atoms with Crippen LogP contribution in [0.25, 0.3) is 0 Å². The zero-order valence-corrected chi connectivity index (χ0v) is 5.89. The van der Waals surface area contributed by atoms with Crippen molar-refractivity contribution in [3.05, 3.63) is 0 Å². The summed E-state index contributed by atoms with van der Waals surface area (Å²) in [5, 5.41) is 0. The molecule has 0 N–H and O–H groups in total. The minimum atomic E-state index is -1.53. The molecule has 0 aliphatic rings. The third-order valence-corrected chi connectivity index (χ3v) is 1.20. The van der Waals surface area contributed by atoms with Crippen LogP contribution in [0.2, 0.25) is 19.6 Å². The van der Waals surface area contributed by atoms with Crippen LogP contribution in [0.1, 0.15) is 0 Å². The molecule has 0 saturated heterocycles. The summed E-state index contributed by atoms with van der Waals surface area (Å²) in [6.07, 6.45) is 0. The molecule has 0 spiro atoms. The van der Waals surface area contributed by atoms with Gasteiger partial charge in [-0.1, -0.05) is 0 Å². The fourth-order valence-corrected chi connectivity index (χ4v) is 0.433. The van der Waals surface area contributed by atoms with E-state index in [1.54, 1.807) is 0 Å². The molecule has 0 unspecified atom stereocenters. The Bertz CT molecular complexity index is 64.6. The zero-order chi connectivity index (χ0) is 5.91. The van der Waals surface area contributed by atoms with Gasteiger partial charge in [0.05, 0.1) is 0 Å². The van der Waals surface area contributed by atoms with Crippen molar-refractivity contribution in [2.45, 2.75) is 19.6 Å². The maximum Gasteiger partial charge on any atom is 0.279 e. The van der Waals surface area contributed by atoms with Crippen molar-refractivity contribution in [2.24, 2.45) is 0 Å². The van der Waals surface area contributed by atoms with Gasteiger partial charge in [-0.3, -0.25) is 4.79 Å². The van der Waals surface area contributed by atoms with Gasteiger partial charge in [-0.05, 0) is 19.6 Å². The Morgan fingerprint density at radius 3 is 1.86 bits per heavy atom. The molecular formula is C4H10O2Si. The van der Waals surface area contributed by atoms with Crippen LogP contribution in [0.5, 0.6) is 0 Å². The summed E-state index contributed by atoms with van der Waals surface area (Å²) in [7, 11) is -1.53. The van der Waals surface area contributed by atoms with Gasteiger partial charge < -0.3 is 4.43 Å². The van der Waals surface area contributed by atoms with Gasteiger partial charge in [0.15, 0.2) is 0 Å². The summed E-state index contributed by atoms with van der Waals surface area (Å²) in [6, 6.07) is 0. The lowest BCUT2D eigenvalue weighted by atomic mass is 11.7. The Morgan fingerprint density at radius 1 is 1.43 bits per heavy atom. The van der Waals surface area contributed by atoms with Crippen molar-refractivity contribution in [1.29, 1.82) is 0 Å². The Hall–Kier alpha value is -0.313. The zero-order valence-electron chi connectivity index (χ0n) is 4.89. The Kier molecular flexibility index (Phi) is 2.02. The van der Waals surface area contributed by atoms with Crippen molar-refractivity contribution in [3.63, 3.8) is 0 Å². The molecule has 0 bridgehead atoms. The second kappa shape index (κ2) is 2.11. The van der Waals surface area contributed by atoms with Crippen LogP contribution in [0, 0.1) is 0 Å². The predicted octanol–water partition coefficient (Wildman–Crippen LogP) is 0.994. The highest BCUT2D eigenvalue weighted by Crippen LogP contribution is 1.98. The molecule has 0 rings (SSSR count). The lowest BCUT2D eigenvalue weighted by Crippen LogP contribution is -2.23. The molecule has 7 heavy (non-hydrogen) atoms. The van der Waals surface area contributed by atoms with E-state index in [9.17, 15) is 4.79 Å². The summed E-state index contributed by atoms with van der Waals surface area (Å²) in [5.41, 5.74) is 0. The standard InChI is InChI=1S/C4H10O2Si/c1-7(2,3)6-4-5/h4H,1-3H3. The van der Waals surface area contributed by atoms with Crippen LogP contribution in [0.15, 0.2) is 0 Å². The molecule has 0 radical (unpaired) electrons. The van der Waals surface area contributed by atoms with Gasteiger partial charge in [0, 0.05) is 0 Å². The van der Waals surface area contributed by atoms with E-state index in [4.69, 9.17) is 0 Å². The third kappa shape index (κ3) is 5.69. The Balaban J connectivity index is 3.34. The molecule has 0 aliphatic carbocycles. The number of hydrogen-bond donors (Lipinski definition) is 0. The minimum Gasteiger partial charge on any atom is -0.522 e. The van der Waals surface area contributed by atoms with Gasteiger partial charge in [-0.15, -0.1) is 0 Å². The predicted molar refractivity (Wildman–Crippen MR) is 30.5 cm³/mol. The summed E-state index contributed by atoms with van der Waals surface area (Å²) in [4.78, 5) is 9.63. The van der Waals surface area contributed by atoms with E-state index in [1.807, 2.05) is 19.6 Å². The van der Waals surface area contributed by atoms with E-state index < -0.39 is 8.32 Å². The summed E-state index contributed by atoms with van der Waals surface area (Å²) < 4.78 is 4.69. The normalized spacial score (nSPS) is 10.7. The van der Waals surface area contributed by atoms with E-state index in [-0.39, 0.29) is 0 Å². The molecule has 0 aromatic heterocycles. The van der Waals surface area contributed by atoms with Gasteiger partial charge in [0.1, 0.15) is 0 Å². The molecule has 0 fully saturated rings. The first-order valence-corrected chi connectivity index (χ1v) is 5.58. The van der Waals surface area contributed by atoms with Crippen LogP contribution in [0.3, 0.4) is 0 Å². The lowest BCUT2D eigenvalue weighted by Gasteiger charge is -2.10. The third-order valence-electron chi connectivity index (χ3n) is 0.402. The van der Waals surface area contributed by atoms with E-state index in [0.717, 1.165) is 0 Å². The van der Waals surface area contributed by atoms with E-state index in [1.165, 1.54) is 0 Å². The highest BCUT2D eigenvalue weighted by atomic mass is 28.4. The maximum atomic E-state index is 9.63. The Morgan fingerprint density at radius 2 is 1.86 bits per heavy atom. The monoisotopic (exact) mass is 118 g/mol. The lowest BCUT2D eigenvalue weighted by molar-refractivity contribution is -0.121. The van der Waals surface area contributed by atoms with Crippen molar-refractivity contribution < 1.29 is 9.22 Å². The SMILES string of the molecule is C[Si](C)(C)OC=O. The second-order valence-corrected chi connectivity index (χ2v) is 6.79. The van der Waals surface area contributed by atoms with E-state index >= 15 is 0 Å². The second-order valence-electron chi connectivity index (χ2n) is 2.33. The van der Waals surface area contributed by atoms with Crippen LogP contribution in [-0.4, -0.2) is 14.8 Å².